The number of rotatable bonds is 5. The molecule has 0 saturated carbocycles. The summed E-state index contributed by atoms with van der Waals surface area (Å²) in [7, 11) is 3.97. The van der Waals surface area contributed by atoms with Gasteiger partial charge in [-0.2, -0.15) is 0 Å². The van der Waals surface area contributed by atoms with Crippen LogP contribution in [0.15, 0.2) is 48.5 Å². The number of amides is 1. The molecule has 0 aliphatic rings. The predicted molar refractivity (Wildman–Crippen MR) is 104 cm³/mol. The number of benzene rings is 2. The number of hydrogen-bond acceptors (Lipinski definition) is 4. The lowest BCUT2D eigenvalue weighted by Crippen LogP contribution is -2.33. The second kappa shape index (κ2) is 6.72. The summed E-state index contributed by atoms with van der Waals surface area (Å²) >= 11 is 0. The smallest absolute Gasteiger partial charge is 0.240 e. The molecular weight excluding hydrogens is 326 g/mol. The van der Waals surface area contributed by atoms with E-state index in [0.29, 0.717) is 6.54 Å². The quantitative estimate of drug-likeness (QED) is 0.602. The maximum atomic E-state index is 12.4. The van der Waals surface area contributed by atoms with Crippen LogP contribution in [-0.4, -0.2) is 52.5 Å². The minimum absolute atomic E-state index is 0.0236. The maximum absolute atomic E-state index is 12.4. The molecule has 0 aliphatic carbocycles. The number of carbonyl (C=O) groups excluding carboxylic acids is 1. The fraction of sp³-hybridized carbons (Fsp3) is 0.250. The van der Waals surface area contributed by atoms with Crippen LogP contribution in [0.4, 0.5) is 0 Å². The van der Waals surface area contributed by atoms with Crippen LogP contribution >= 0.6 is 0 Å². The molecule has 0 unspecified atom stereocenters. The van der Waals surface area contributed by atoms with Crippen LogP contribution < -0.4 is 5.32 Å². The van der Waals surface area contributed by atoms with Crippen molar-refractivity contribution >= 4 is 39.0 Å². The Morgan fingerprint density at radius 3 is 2.50 bits per heavy atom. The third-order valence-corrected chi connectivity index (χ3v) is 4.44. The Bertz CT molecular complexity index is 1100. The Hall–Kier alpha value is -2.99. The zero-order valence-electron chi connectivity index (χ0n) is 14.9. The van der Waals surface area contributed by atoms with Crippen molar-refractivity contribution in [1.29, 1.82) is 0 Å². The summed E-state index contributed by atoms with van der Waals surface area (Å²) in [5, 5.41) is 3.98. The number of para-hydroxylation sites is 3. The topological polar surface area (TPSA) is 63.1 Å². The predicted octanol–water partition coefficient (Wildman–Crippen LogP) is 2.42. The van der Waals surface area contributed by atoms with E-state index in [1.54, 1.807) is 0 Å². The van der Waals surface area contributed by atoms with Gasteiger partial charge >= 0.3 is 0 Å². The second-order valence-electron chi connectivity index (χ2n) is 6.64. The van der Waals surface area contributed by atoms with Gasteiger partial charge in [0.15, 0.2) is 5.65 Å². The van der Waals surface area contributed by atoms with Gasteiger partial charge in [-0.3, -0.25) is 4.79 Å². The molecule has 4 aromatic rings. The Kier molecular flexibility index (Phi) is 4.26. The summed E-state index contributed by atoms with van der Waals surface area (Å²) in [5.74, 6) is -0.0236. The first kappa shape index (κ1) is 16.5. The number of fused-ring (bicyclic) bond motifs is 4. The van der Waals surface area contributed by atoms with Gasteiger partial charge in [0.25, 0.3) is 0 Å². The van der Waals surface area contributed by atoms with Gasteiger partial charge in [0.05, 0.1) is 16.6 Å². The number of hydrogen-bond donors (Lipinski definition) is 1. The molecule has 0 atom stereocenters. The summed E-state index contributed by atoms with van der Waals surface area (Å²) in [4.78, 5) is 24.1. The first-order valence-electron chi connectivity index (χ1n) is 8.68. The Morgan fingerprint density at radius 1 is 1.04 bits per heavy atom. The van der Waals surface area contributed by atoms with E-state index in [1.807, 2.05) is 72.1 Å². The number of likely N-dealkylation sites (N-methyl/N-ethyl adjacent to an activating group) is 1. The molecule has 6 nitrogen and oxygen atoms in total. The molecule has 0 bridgehead atoms. The van der Waals surface area contributed by atoms with E-state index in [1.165, 1.54) is 0 Å². The molecule has 0 saturated heterocycles. The number of aromatic nitrogens is 3. The van der Waals surface area contributed by atoms with E-state index in [9.17, 15) is 4.79 Å². The van der Waals surface area contributed by atoms with Gasteiger partial charge in [-0.1, -0.05) is 30.3 Å². The zero-order valence-corrected chi connectivity index (χ0v) is 14.9. The highest BCUT2D eigenvalue weighted by Crippen LogP contribution is 2.27. The lowest BCUT2D eigenvalue weighted by Gasteiger charge is -2.11. The van der Waals surface area contributed by atoms with Crippen molar-refractivity contribution in [3.63, 3.8) is 0 Å². The fourth-order valence-electron chi connectivity index (χ4n) is 3.16. The van der Waals surface area contributed by atoms with E-state index < -0.39 is 0 Å². The molecule has 6 heteroatoms. The average molecular weight is 347 g/mol. The summed E-state index contributed by atoms with van der Waals surface area (Å²) < 4.78 is 1.95. The van der Waals surface area contributed by atoms with Gasteiger partial charge in [-0.05, 0) is 32.3 Å². The largest absolute Gasteiger partial charge is 0.353 e. The molecule has 1 N–H and O–H groups in total. The van der Waals surface area contributed by atoms with Gasteiger partial charge in [-0.25, -0.2) is 9.97 Å². The highest BCUT2D eigenvalue weighted by molar-refractivity contribution is 6.07. The summed E-state index contributed by atoms with van der Waals surface area (Å²) in [5.41, 5.74) is 4.24. The van der Waals surface area contributed by atoms with Gasteiger partial charge in [0.2, 0.25) is 5.91 Å². The molecule has 1 amide bonds. The molecule has 0 aliphatic heterocycles. The second-order valence-corrected chi connectivity index (χ2v) is 6.64. The van der Waals surface area contributed by atoms with Gasteiger partial charge in [0, 0.05) is 18.5 Å². The summed E-state index contributed by atoms with van der Waals surface area (Å²) in [6, 6.07) is 15.8. The van der Waals surface area contributed by atoms with Crippen molar-refractivity contribution in [2.45, 2.75) is 6.54 Å². The average Bonchev–Trinajstić information content (AvgIpc) is 2.93. The summed E-state index contributed by atoms with van der Waals surface area (Å²) in [6.07, 6.45) is 0. The van der Waals surface area contributed by atoms with Gasteiger partial charge in [-0.15, -0.1) is 0 Å². The van der Waals surface area contributed by atoms with Gasteiger partial charge in [0.1, 0.15) is 12.1 Å². The molecule has 26 heavy (non-hydrogen) atoms. The van der Waals surface area contributed by atoms with Crippen LogP contribution in [0.1, 0.15) is 0 Å². The Labute approximate surface area is 151 Å². The maximum Gasteiger partial charge on any atom is 0.240 e. The first-order valence-corrected chi connectivity index (χ1v) is 8.68. The monoisotopic (exact) mass is 347 g/mol. The number of nitrogens with one attached hydrogen (secondary N) is 1. The molecule has 2 aromatic carbocycles. The van der Waals surface area contributed by atoms with E-state index in [4.69, 9.17) is 9.97 Å². The van der Waals surface area contributed by atoms with Crippen molar-refractivity contribution in [3.05, 3.63) is 48.5 Å². The highest BCUT2D eigenvalue weighted by Gasteiger charge is 2.16. The molecule has 4 rings (SSSR count). The molecule has 0 fully saturated rings. The lowest BCUT2D eigenvalue weighted by atomic mass is 10.2. The van der Waals surface area contributed by atoms with E-state index >= 15 is 0 Å². The SMILES string of the molecule is CN(C)CCNC(=O)Cn1c2ccccc2c2nc3ccccc3nc21. The van der Waals surface area contributed by atoms with E-state index in [0.717, 1.165) is 39.6 Å². The molecule has 2 aromatic heterocycles. The number of carbonyl (C=O) groups is 1. The van der Waals surface area contributed by atoms with E-state index in [2.05, 4.69) is 5.32 Å². The molecule has 132 valence electrons. The van der Waals surface area contributed by atoms with Crippen LogP contribution in [-0.2, 0) is 11.3 Å². The summed E-state index contributed by atoms with van der Waals surface area (Å²) in [6.45, 7) is 1.66. The third-order valence-electron chi connectivity index (χ3n) is 4.44. The third kappa shape index (κ3) is 2.99. The first-order chi connectivity index (χ1) is 12.6. The molecule has 0 spiro atoms. The van der Waals surface area contributed by atoms with Gasteiger partial charge < -0.3 is 14.8 Å². The standard InChI is InChI=1S/C20H21N5O/c1-24(2)12-11-21-18(26)13-25-17-10-6-3-7-14(17)19-20(25)23-16-9-5-4-8-15(16)22-19/h3-10H,11-13H2,1-2H3,(H,21,26). The molecule has 2 heterocycles. The zero-order chi connectivity index (χ0) is 18.1. The van der Waals surface area contributed by atoms with Crippen molar-refractivity contribution in [2.24, 2.45) is 0 Å². The van der Waals surface area contributed by atoms with Crippen LogP contribution in [0.2, 0.25) is 0 Å². The van der Waals surface area contributed by atoms with Crippen LogP contribution in [0.3, 0.4) is 0 Å². The van der Waals surface area contributed by atoms with Crippen LogP contribution in [0, 0.1) is 0 Å². The van der Waals surface area contributed by atoms with Crippen LogP contribution in [0.5, 0.6) is 0 Å². The minimum Gasteiger partial charge on any atom is -0.353 e. The lowest BCUT2D eigenvalue weighted by molar-refractivity contribution is -0.121. The van der Waals surface area contributed by atoms with Crippen molar-refractivity contribution in [3.8, 4) is 0 Å². The van der Waals surface area contributed by atoms with Crippen molar-refractivity contribution in [1.82, 2.24) is 24.8 Å². The van der Waals surface area contributed by atoms with Crippen molar-refractivity contribution in [2.75, 3.05) is 27.2 Å². The van der Waals surface area contributed by atoms with Crippen LogP contribution in [0.25, 0.3) is 33.1 Å². The Balaban J connectivity index is 1.79. The molecular formula is C20H21N5O. The highest BCUT2D eigenvalue weighted by atomic mass is 16.1. The molecule has 0 radical (unpaired) electrons. The van der Waals surface area contributed by atoms with E-state index in [-0.39, 0.29) is 12.5 Å². The number of nitrogens with zero attached hydrogens (tertiary/aromatic N) is 4. The normalized spacial score (nSPS) is 11.7. The fourth-order valence-corrected chi connectivity index (χ4v) is 3.16. The minimum atomic E-state index is -0.0236. The Morgan fingerprint density at radius 2 is 1.73 bits per heavy atom. The van der Waals surface area contributed by atoms with Crippen molar-refractivity contribution < 1.29 is 4.79 Å².